The van der Waals surface area contributed by atoms with E-state index < -0.39 is 0 Å². The van der Waals surface area contributed by atoms with Crippen LogP contribution in [0.1, 0.15) is 64.2 Å². The van der Waals surface area contributed by atoms with Crippen LogP contribution in [0.2, 0.25) is 0 Å². The van der Waals surface area contributed by atoms with Crippen molar-refractivity contribution in [3.63, 3.8) is 0 Å². The Bertz CT molecular complexity index is 253. The Morgan fingerprint density at radius 2 is 1.75 bits per heavy atom. The molecule has 3 fully saturated rings. The largest absolute Gasteiger partial charge is 0.372 e. The molecule has 1 nitrogen and oxygen atoms in total. The summed E-state index contributed by atoms with van der Waals surface area (Å²) in [6, 6.07) is 0. The number of hydrogen-bond donors (Lipinski definition) is 0. The molecule has 0 aromatic rings. The van der Waals surface area contributed by atoms with Crippen LogP contribution >= 0.6 is 15.9 Å². The molecule has 16 heavy (non-hydrogen) atoms. The van der Waals surface area contributed by atoms with Crippen molar-refractivity contribution in [1.82, 2.24) is 0 Å². The van der Waals surface area contributed by atoms with Gasteiger partial charge < -0.3 is 4.74 Å². The van der Waals surface area contributed by atoms with Crippen LogP contribution in [0.25, 0.3) is 0 Å². The quantitative estimate of drug-likeness (QED) is 0.698. The fraction of sp³-hybridized carbons (Fsp3) is 1.00. The second kappa shape index (κ2) is 4.28. The molecule has 1 atom stereocenters. The maximum Gasteiger partial charge on any atom is 0.0687 e. The number of rotatable bonds is 3. The molecule has 3 aliphatic rings. The van der Waals surface area contributed by atoms with Crippen LogP contribution in [0.15, 0.2) is 0 Å². The first-order chi connectivity index (χ1) is 7.76. The summed E-state index contributed by atoms with van der Waals surface area (Å²) in [5.41, 5.74) is 0.955. The van der Waals surface area contributed by atoms with E-state index in [-0.39, 0.29) is 0 Å². The summed E-state index contributed by atoms with van der Waals surface area (Å²) in [6.07, 6.45) is 14.3. The summed E-state index contributed by atoms with van der Waals surface area (Å²) in [7, 11) is 0. The molecule has 2 saturated carbocycles. The first-order valence-electron chi connectivity index (χ1n) is 7.00. The normalized spacial score (nSPS) is 35.4. The SMILES string of the molecule is BrCC1(CC2CCC3(CCCCC3)O2)CC1. The number of alkyl halides is 1. The lowest BCUT2D eigenvalue weighted by Crippen LogP contribution is -2.32. The van der Waals surface area contributed by atoms with Crippen molar-refractivity contribution in [3.8, 4) is 0 Å². The molecule has 0 amide bonds. The van der Waals surface area contributed by atoms with Crippen molar-refractivity contribution < 1.29 is 4.74 Å². The summed E-state index contributed by atoms with van der Waals surface area (Å²) < 4.78 is 6.45. The van der Waals surface area contributed by atoms with E-state index in [9.17, 15) is 0 Å². The van der Waals surface area contributed by atoms with Crippen LogP contribution < -0.4 is 0 Å². The van der Waals surface area contributed by atoms with Gasteiger partial charge in [-0.05, 0) is 50.4 Å². The average Bonchev–Trinajstić information content (AvgIpc) is 2.99. The van der Waals surface area contributed by atoms with Gasteiger partial charge in [0.25, 0.3) is 0 Å². The minimum Gasteiger partial charge on any atom is -0.372 e. The molecule has 1 unspecified atom stereocenters. The van der Waals surface area contributed by atoms with Crippen molar-refractivity contribution in [2.24, 2.45) is 5.41 Å². The van der Waals surface area contributed by atoms with Crippen molar-refractivity contribution in [1.29, 1.82) is 0 Å². The maximum atomic E-state index is 6.45. The lowest BCUT2D eigenvalue weighted by Gasteiger charge is -2.33. The molecule has 2 heteroatoms. The van der Waals surface area contributed by atoms with Crippen LogP contribution in [0, 0.1) is 5.41 Å². The molecule has 0 radical (unpaired) electrons. The van der Waals surface area contributed by atoms with Crippen LogP contribution in [0.4, 0.5) is 0 Å². The van der Waals surface area contributed by atoms with E-state index >= 15 is 0 Å². The average molecular weight is 287 g/mol. The van der Waals surface area contributed by atoms with Crippen LogP contribution in [0.3, 0.4) is 0 Å². The minimum absolute atomic E-state index is 0.325. The Balaban J connectivity index is 1.56. The van der Waals surface area contributed by atoms with Gasteiger partial charge in [-0.25, -0.2) is 0 Å². The highest BCUT2D eigenvalue weighted by Crippen LogP contribution is 2.54. The van der Waals surface area contributed by atoms with E-state index in [4.69, 9.17) is 4.74 Å². The monoisotopic (exact) mass is 286 g/mol. The zero-order chi connectivity index (χ0) is 11.1. The molecule has 0 aromatic carbocycles. The van der Waals surface area contributed by atoms with Crippen molar-refractivity contribution in [3.05, 3.63) is 0 Å². The molecule has 2 aliphatic carbocycles. The van der Waals surface area contributed by atoms with Crippen molar-refractivity contribution in [2.75, 3.05) is 5.33 Å². The minimum atomic E-state index is 0.325. The highest BCUT2D eigenvalue weighted by atomic mass is 79.9. The van der Waals surface area contributed by atoms with Gasteiger partial charge in [0.1, 0.15) is 0 Å². The van der Waals surface area contributed by atoms with E-state index in [0.29, 0.717) is 17.1 Å². The summed E-state index contributed by atoms with van der Waals surface area (Å²) in [4.78, 5) is 0. The van der Waals surface area contributed by atoms with Gasteiger partial charge >= 0.3 is 0 Å². The summed E-state index contributed by atoms with van der Waals surface area (Å²) in [6.45, 7) is 0. The van der Waals surface area contributed by atoms with Gasteiger partial charge in [0.2, 0.25) is 0 Å². The molecule has 0 bridgehead atoms. The molecular weight excluding hydrogens is 264 g/mol. The molecule has 1 spiro atoms. The van der Waals surface area contributed by atoms with Crippen molar-refractivity contribution in [2.45, 2.75) is 75.9 Å². The molecule has 1 heterocycles. The fourth-order valence-corrected chi connectivity index (χ4v) is 4.44. The van der Waals surface area contributed by atoms with Gasteiger partial charge in [-0.1, -0.05) is 35.2 Å². The second-order valence-electron chi connectivity index (χ2n) is 6.36. The summed E-state index contributed by atoms with van der Waals surface area (Å²) in [5, 5.41) is 1.19. The topological polar surface area (TPSA) is 9.23 Å². The van der Waals surface area contributed by atoms with Gasteiger partial charge in [-0.3, -0.25) is 0 Å². The lowest BCUT2D eigenvalue weighted by molar-refractivity contribution is -0.0701. The number of halogens is 1. The molecule has 0 N–H and O–H groups in total. The van der Waals surface area contributed by atoms with E-state index in [0.717, 1.165) is 0 Å². The van der Waals surface area contributed by atoms with Gasteiger partial charge in [0.15, 0.2) is 0 Å². The van der Waals surface area contributed by atoms with Gasteiger partial charge in [0.05, 0.1) is 11.7 Å². The Morgan fingerprint density at radius 1 is 1.00 bits per heavy atom. The highest BCUT2D eigenvalue weighted by molar-refractivity contribution is 9.09. The third-order valence-corrected chi connectivity index (χ3v) is 6.19. The van der Waals surface area contributed by atoms with Gasteiger partial charge in [0, 0.05) is 5.33 Å². The predicted molar refractivity (Wildman–Crippen MR) is 70.0 cm³/mol. The molecule has 0 aromatic heterocycles. The highest BCUT2D eigenvalue weighted by Gasteiger charge is 2.47. The zero-order valence-corrected chi connectivity index (χ0v) is 11.7. The van der Waals surface area contributed by atoms with E-state index in [1.165, 1.54) is 69.5 Å². The van der Waals surface area contributed by atoms with Gasteiger partial charge in [-0.2, -0.15) is 0 Å². The van der Waals surface area contributed by atoms with Gasteiger partial charge in [-0.15, -0.1) is 0 Å². The first kappa shape index (κ1) is 11.5. The predicted octanol–water partition coefficient (Wildman–Crippen LogP) is 4.43. The van der Waals surface area contributed by atoms with Crippen LogP contribution in [-0.2, 0) is 4.74 Å². The lowest BCUT2D eigenvalue weighted by atomic mass is 9.83. The number of hydrogen-bond acceptors (Lipinski definition) is 1. The fourth-order valence-electron chi connectivity index (χ4n) is 3.66. The maximum absolute atomic E-state index is 6.45. The van der Waals surface area contributed by atoms with Crippen molar-refractivity contribution >= 4 is 15.9 Å². The molecule has 92 valence electrons. The standard InChI is InChI=1S/C14H23BrO/c15-11-13(8-9-13)10-12-4-7-14(16-12)5-2-1-3-6-14/h12H,1-11H2. The van der Waals surface area contributed by atoms with E-state index in [1.54, 1.807) is 0 Å². The molecule has 3 rings (SSSR count). The first-order valence-corrected chi connectivity index (χ1v) is 8.12. The summed E-state index contributed by atoms with van der Waals surface area (Å²) in [5.74, 6) is 0. The van der Waals surface area contributed by atoms with Crippen LogP contribution in [0.5, 0.6) is 0 Å². The number of ether oxygens (including phenoxy) is 1. The smallest absolute Gasteiger partial charge is 0.0687 e. The Morgan fingerprint density at radius 3 is 2.38 bits per heavy atom. The Labute approximate surface area is 107 Å². The van der Waals surface area contributed by atoms with E-state index in [2.05, 4.69) is 15.9 Å². The van der Waals surface area contributed by atoms with E-state index in [1.807, 2.05) is 0 Å². The molecular formula is C14H23BrO. The zero-order valence-electron chi connectivity index (χ0n) is 10.1. The summed E-state index contributed by atoms with van der Waals surface area (Å²) >= 11 is 3.67. The third-order valence-electron chi connectivity index (χ3n) is 5.00. The Hall–Kier alpha value is 0.440. The second-order valence-corrected chi connectivity index (χ2v) is 6.92. The molecule has 1 saturated heterocycles. The Kier molecular flexibility index (Phi) is 3.08. The third kappa shape index (κ3) is 2.20. The molecule has 1 aliphatic heterocycles. The van der Waals surface area contributed by atoms with Crippen LogP contribution in [-0.4, -0.2) is 17.0 Å².